The summed E-state index contributed by atoms with van der Waals surface area (Å²) in [6, 6.07) is 15.3. The van der Waals surface area contributed by atoms with Gasteiger partial charge in [0.25, 0.3) is 0 Å². The number of nitrogens with zero attached hydrogens (tertiary/aromatic N) is 2. The first-order chi connectivity index (χ1) is 15.0. The summed E-state index contributed by atoms with van der Waals surface area (Å²) in [5.41, 5.74) is 2.60. The van der Waals surface area contributed by atoms with Crippen LogP contribution >= 0.6 is 11.6 Å². The average Bonchev–Trinajstić information content (AvgIpc) is 3.11. The molecule has 6 nitrogen and oxygen atoms in total. The van der Waals surface area contributed by atoms with Crippen LogP contribution in [-0.2, 0) is 17.9 Å². The zero-order valence-corrected chi connectivity index (χ0v) is 18.4. The maximum atomic E-state index is 12.1. The fourth-order valence-electron chi connectivity index (χ4n) is 2.98. The summed E-state index contributed by atoms with van der Waals surface area (Å²) in [6.45, 7) is 3.49. The van der Waals surface area contributed by atoms with Crippen molar-refractivity contribution in [3.8, 4) is 11.5 Å². The van der Waals surface area contributed by atoms with Gasteiger partial charge in [-0.3, -0.25) is 9.48 Å². The average molecular weight is 440 g/mol. The zero-order valence-electron chi connectivity index (χ0n) is 17.7. The molecule has 0 radical (unpaired) electrons. The van der Waals surface area contributed by atoms with Gasteiger partial charge in [-0.1, -0.05) is 35.9 Å². The van der Waals surface area contributed by atoms with Crippen LogP contribution in [0.3, 0.4) is 0 Å². The highest BCUT2D eigenvalue weighted by atomic mass is 35.5. The fraction of sp³-hybridized carbons (Fsp3) is 0.250. The number of ether oxygens (including phenoxy) is 2. The van der Waals surface area contributed by atoms with Crippen LogP contribution in [0, 0.1) is 6.92 Å². The number of aryl methyl sites for hydroxylation is 2. The number of rotatable bonds is 10. The lowest BCUT2D eigenvalue weighted by molar-refractivity contribution is -0.116. The summed E-state index contributed by atoms with van der Waals surface area (Å²) in [5, 5.41) is 7.83. The largest absolute Gasteiger partial charge is 0.496 e. The number of para-hydroxylation sites is 1. The first-order valence-electron chi connectivity index (χ1n) is 10.1. The monoisotopic (exact) mass is 439 g/mol. The predicted molar refractivity (Wildman–Crippen MR) is 122 cm³/mol. The Hall–Kier alpha value is -3.25. The van der Waals surface area contributed by atoms with Crippen molar-refractivity contribution in [2.75, 3.05) is 13.7 Å². The third-order valence-corrected chi connectivity index (χ3v) is 4.99. The maximum absolute atomic E-state index is 12.1. The predicted octanol–water partition coefficient (Wildman–Crippen LogP) is 4.65. The van der Waals surface area contributed by atoms with Crippen molar-refractivity contribution < 1.29 is 14.3 Å². The lowest BCUT2D eigenvalue weighted by Gasteiger charge is -2.11. The van der Waals surface area contributed by atoms with E-state index in [4.69, 9.17) is 21.1 Å². The van der Waals surface area contributed by atoms with Crippen LogP contribution in [0.1, 0.15) is 23.2 Å². The second-order valence-corrected chi connectivity index (χ2v) is 7.38. The molecule has 1 amide bonds. The molecule has 1 heterocycles. The van der Waals surface area contributed by atoms with Gasteiger partial charge in [-0.2, -0.15) is 5.10 Å². The van der Waals surface area contributed by atoms with Crippen molar-refractivity contribution in [1.82, 2.24) is 15.1 Å². The van der Waals surface area contributed by atoms with Crippen LogP contribution in [0.15, 0.2) is 60.8 Å². The molecule has 0 fully saturated rings. The SMILES string of the molecule is COc1ccc(/C=C/C(=O)NCCCn2cc(Cl)c(C)n2)cc1COc1ccccc1. The molecule has 0 saturated carbocycles. The first kappa shape index (κ1) is 22.4. The number of hydrogen-bond donors (Lipinski definition) is 1. The Labute approximate surface area is 187 Å². The maximum Gasteiger partial charge on any atom is 0.244 e. The lowest BCUT2D eigenvalue weighted by Crippen LogP contribution is -2.23. The number of halogens is 1. The van der Waals surface area contributed by atoms with Gasteiger partial charge in [0, 0.05) is 30.9 Å². The highest BCUT2D eigenvalue weighted by Gasteiger charge is 2.06. The molecule has 0 atom stereocenters. The van der Waals surface area contributed by atoms with E-state index in [2.05, 4.69) is 10.4 Å². The van der Waals surface area contributed by atoms with Crippen molar-refractivity contribution in [3.05, 3.63) is 82.6 Å². The highest BCUT2D eigenvalue weighted by Crippen LogP contribution is 2.23. The van der Waals surface area contributed by atoms with Crippen molar-refractivity contribution >= 4 is 23.6 Å². The second kappa shape index (κ2) is 11.2. The third kappa shape index (κ3) is 6.89. The molecule has 0 aliphatic heterocycles. The topological polar surface area (TPSA) is 65.4 Å². The number of carbonyl (C=O) groups is 1. The quantitative estimate of drug-likeness (QED) is 0.369. The first-order valence-corrected chi connectivity index (χ1v) is 10.4. The van der Waals surface area contributed by atoms with Gasteiger partial charge in [0.15, 0.2) is 0 Å². The fourth-order valence-corrected chi connectivity index (χ4v) is 3.13. The molecule has 7 heteroatoms. The van der Waals surface area contributed by atoms with E-state index in [1.54, 1.807) is 24.1 Å². The summed E-state index contributed by atoms with van der Waals surface area (Å²) in [6.07, 6.45) is 5.86. The van der Waals surface area contributed by atoms with Crippen LogP contribution < -0.4 is 14.8 Å². The van der Waals surface area contributed by atoms with Crippen molar-refractivity contribution in [2.45, 2.75) is 26.5 Å². The van der Waals surface area contributed by atoms with Gasteiger partial charge in [0.2, 0.25) is 5.91 Å². The Morgan fingerprint density at radius 1 is 1.23 bits per heavy atom. The molecule has 3 rings (SSSR count). The minimum absolute atomic E-state index is 0.146. The lowest BCUT2D eigenvalue weighted by atomic mass is 10.1. The van der Waals surface area contributed by atoms with E-state index in [1.807, 2.05) is 55.5 Å². The van der Waals surface area contributed by atoms with Crippen LogP contribution in [0.5, 0.6) is 11.5 Å². The van der Waals surface area contributed by atoms with Gasteiger partial charge in [-0.05, 0) is 49.2 Å². The van der Waals surface area contributed by atoms with E-state index in [1.165, 1.54) is 6.08 Å². The third-order valence-electron chi connectivity index (χ3n) is 4.62. The molecule has 1 aromatic heterocycles. The molecule has 162 valence electrons. The molecule has 0 aliphatic carbocycles. The standard InChI is InChI=1S/C24H26ClN3O3/c1-18-22(25)16-28(27-18)14-6-13-26-24(29)12-10-19-9-11-23(30-2)20(15-19)17-31-21-7-4-3-5-8-21/h3-5,7-12,15-16H,6,13-14,17H2,1-2H3,(H,26,29)/b12-10+. The molecule has 0 aliphatic rings. The van der Waals surface area contributed by atoms with Crippen LogP contribution in [-0.4, -0.2) is 29.3 Å². The van der Waals surface area contributed by atoms with E-state index in [-0.39, 0.29) is 5.91 Å². The van der Waals surface area contributed by atoms with Crippen molar-refractivity contribution in [3.63, 3.8) is 0 Å². The summed E-state index contributed by atoms with van der Waals surface area (Å²) in [7, 11) is 1.63. The molecule has 31 heavy (non-hydrogen) atoms. The van der Waals surface area contributed by atoms with Gasteiger partial charge < -0.3 is 14.8 Å². The van der Waals surface area contributed by atoms with E-state index in [0.29, 0.717) is 24.7 Å². The van der Waals surface area contributed by atoms with E-state index in [9.17, 15) is 4.79 Å². The number of amides is 1. The highest BCUT2D eigenvalue weighted by molar-refractivity contribution is 6.31. The van der Waals surface area contributed by atoms with Gasteiger partial charge in [0.05, 0.1) is 17.8 Å². The Bertz CT molecular complexity index is 1010. The van der Waals surface area contributed by atoms with E-state index in [0.717, 1.165) is 34.7 Å². The van der Waals surface area contributed by atoms with Crippen LogP contribution in [0.2, 0.25) is 5.02 Å². The molecule has 0 bridgehead atoms. The molecule has 2 aromatic carbocycles. The van der Waals surface area contributed by atoms with Gasteiger partial charge in [-0.15, -0.1) is 0 Å². The number of aromatic nitrogens is 2. The molecular formula is C24H26ClN3O3. The molecule has 0 saturated heterocycles. The minimum atomic E-state index is -0.146. The molecule has 1 N–H and O–H groups in total. The molecular weight excluding hydrogens is 414 g/mol. The normalized spacial score (nSPS) is 10.9. The van der Waals surface area contributed by atoms with E-state index >= 15 is 0 Å². The summed E-state index contributed by atoms with van der Waals surface area (Å²) in [5.74, 6) is 1.39. The molecule has 0 spiro atoms. The molecule has 0 unspecified atom stereocenters. The summed E-state index contributed by atoms with van der Waals surface area (Å²) >= 11 is 6.00. The van der Waals surface area contributed by atoms with Gasteiger partial charge >= 0.3 is 0 Å². The van der Waals surface area contributed by atoms with E-state index < -0.39 is 0 Å². The number of carbonyl (C=O) groups excluding carboxylic acids is 1. The Kier molecular flexibility index (Phi) is 8.12. The van der Waals surface area contributed by atoms with Crippen molar-refractivity contribution in [2.24, 2.45) is 0 Å². The number of methoxy groups -OCH3 is 1. The second-order valence-electron chi connectivity index (χ2n) is 6.98. The van der Waals surface area contributed by atoms with Gasteiger partial charge in [0.1, 0.15) is 18.1 Å². The minimum Gasteiger partial charge on any atom is -0.496 e. The Balaban J connectivity index is 1.50. The Morgan fingerprint density at radius 2 is 2.03 bits per heavy atom. The van der Waals surface area contributed by atoms with Crippen molar-refractivity contribution in [1.29, 1.82) is 0 Å². The summed E-state index contributed by atoms with van der Waals surface area (Å²) < 4.78 is 13.0. The smallest absolute Gasteiger partial charge is 0.244 e. The van der Waals surface area contributed by atoms with Gasteiger partial charge in [-0.25, -0.2) is 0 Å². The zero-order chi connectivity index (χ0) is 22.1. The Morgan fingerprint density at radius 3 is 2.74 bits per heavy atom. The number of benzene rings is 2. The van der Waals surface area contributed by atoms with Crippen LogP contribution in [0.25, 0.3) is 6.08 Å². The number of hydrogen-bond acceptors (Lipinski definition) is 4. The van der Waals surface area contributed by atoms with Crippen LogP contribution in [0.4, 0.5) is 0 Å². The molecule has 3 aromatic rings. The summed E-state index contributed by atoms with van der Waals surface area (Å²) in [4.78, 5) is 12.1. The number of nitrogens with one attached hydrogen (secondary N) is 1.